The van der Waals surface area contributed by atoms with Crippen molar-refractivity contribution < 1.29 is 31.1 Å². The molecule has 5 nitrogen and oxygen atoms in total. The maximum atomic E-state index is 12.9. The highest BCUT2D eigenvalue weighted by atomic mass is 32.2. The Hall–Kier alpha value is -2.26. The van der Waals surface area contributed by atoms with Gasteiger partial charge in [0, 0.05) is 13.1 Å². The molecule has 28 heavy (non-hydrogen) atoms. The van der Waals surface area contributed by atoms with Crippen molar-refractivity contribution in [3.8, 4) is 11.5 Å². The van der Waals surface area contributed by atoms with E-state index in [9.17, 15) is 21.6 Å². The summed E-state index contributed by atoms with van der Waals surface area (Å²) in [4.78, 5) is -0.483. The van der Waals surface area contributed by atoms with Crippen molar-refractivity contribution in [2.24, 2.45) is 0 Å². The first-order chi connectivity index (χ1) is 13.2. The first kappa shape index (κ1) is 20.5. The Morgan fingerprint density at radius 3 is 2.14 bits per heavy atom. The van der Waals surface area contributed by atoms with E-state index in [0.29, 0.717) is 12.8 Å². The van der Waals surface area contributed by atoms with Crippen molar-refractivity contribution in [2.75, 3.05) is 20.2 Å². The van der Waals surface area contributed by atoms with Gasteiger partial charge in [0.25, 0.3) is 0 Å². The number of hydrogen-bond acceptors (Lipinski definition) is 4. The van der Waals surface area contributed by atoms with Crippen LogP contribution in [0.1, 0.15) is 24.3 Å². The van der Waals surface area contributed by atoms with Crippen LogP contribution in [-0.2, 0) is 10.0 Å². The van der Waals surface area contributed by atoms with Crippen molar-refractivity contribution in [3.05, 3.63) is 54.1 Å². The Morgan fingerprint density at radius 1 is 0.964 bits per heavy atom. The molecular weight excluding hydrogens is 395 g/mol. The van der Waals surface area contributed by atoms with Crippen molar-refractivity contribution in [3.63, 3.8) is 0 Å². The third-order valence-electron chi connectivity index (χ3n) is 4.73. The number of piperidine rings is 1. The lowest BCUT2D eigenvalue weighted by Gasteiger charge is -2.32. The summed E-state index contributed by atoms with van der Waals surface area (Å²) in [6.07, 6.45) is -3.88. The summed E-state index contributed by atoms with van der Waals surface area (Å²) in [5, 5.41) is 0. The van der Waals surface area contributed by atoms with Crippen LogP contribution in [0.25, 0.3) is 0 Å². The highest BCUT2D eigenvalue weighted by Gasteiger charge is 2.37. The Morgan fingerprint density at radius 2 is 1.54 bits per heavy atom. The van der Waals surface area contributed by atoms with E-state index in [1.807, 2.05) is 24.3 Å². The predicted molar refractivity (Wildman–Crippen MR) is 96.9 cm³/mol. The topological polar surface area (TPSA) is 55.8 Å². The number of benzene rings is 2. The molecule has 152 valence electrons. The fourth-order valence-corrected chi connectivity index (χ4v) is 5.01. The fourth-order valence-electron chi connectivity index (χ4n) is 3.42. The number of rotatable bonds is 5. The van der Waals surface area contributed by atoms with E-state index in [1.165, 1.54) is 16.4 Å². The Kier molecular flexibility index (Phi) is 5.85. The maximum absolute atomic E-state index is 12.9. The number of methoxy groups -OCH3 is 1. The van der Waals surface area contributed by atoms with E-state index < -0.39 is 27.0 Å². The summed E-state index contributed by atoms with van der Waals surface area (Å²) >= 11 is 0. The third-order valence-corrected chi connectivity index (χ3v) is 6.66. The van der Waals surface area contributed by atoms with Crippen LogP contribution in [0.4, 0.5) is 13.2 Å². The molecule has 0 radical (unpaired) electrons. The number of ether oxygens (including phenoxy) is 2. The highest BCUT2D eigenvalue weighted by Crippen LogP contribution is 2.37. The molecule has 0 N–H and O–H groups in total. The van der Waals surface area contributed by atoms with E-state index in [4.69, 9.17) is 4.74 Å². The molecule has 1 fully saturated rings. The Balaban J connectivity index is 1.79. The summed E-state index contributed by atoms with van der Waals surface area (Å²) < 4.78 is 74.2. The lowest BCUT2D eigenvalue weighted by molar-refractivity contribution is -0.275. The maximum Gasteiger partial charge on any atom is 0.573 e. The van der Waals surface area contributed by atoms with Crippen LogP contribution in [0.2, 0.25) is 0 Å². The third kappa shape index (κ3) is 4.41. The SMILES string of the molecule is COc1ccccc1C1CCN(S(=O)(=O)c2ccccc2OC(F)(F)F)CC1. The zero-order valence-corrected chi connectivity index (χ0v) is 16.0. The summed E-state index contributed by atoms with van der Waals surface area (Å²) in [5.41, 5.74) is 1.00. The van der Waals surface area contributed by atoms with Gasteiger partial charge in [0.2, 0.25) is 10.0 Å². The molecule has 1 saturated heterocycles. The van der Waals surface area contributed by atoms with Gasteiger partial charge in [0.1, 0.15) is 16.4 Å². The fraction of sp³-hybridized carbons (Fsp3) is 0.368. The molecule has 0 bridgehead atoms. The first-order valence-corrected chi connectivity index (χ1v) is 10.1. The van der Waals surface area contributed by atoms with Crippen molar-refractivity contribution in [2.45, 2.75) is 30.0 Å². The summed E-state index contributed by atoms with van der Waals surface area (Å²) in [6.45, 7) is 0.400. The molecule has 0 atom stereocenters. The number of hydrogen-bond donors (Lipinski definition) is 0. The van der Waals surface area contributed by atoms with Gasteiger partial charge in [-0.1, -0.05) is 30.3 Å². The molecule has 2 aromatic rings. The van der Waals surface area contributed by atoms with E-state index in [1.54, 1.807) is 7.11 Å². The van der Waals surface area contributed by atoms with Gasteiger partial charge in [-0.15, -0.1) is 13.2 Å². The van der Waals surface area contributed by atoms with E-state index in [2.05, 4.69) is 4.74 Å². The van der Waals surface area contributed by atoms with Crippen molar-refractivity contribution in [1.29, 1.82) is 0 Å². The normalized spacial score (nSPS) is 16.7. The minimum absolute atomic E-state index is 0.115. The van der Waals surface area contributed by atoms with Crippen LogP contribution in [0, 0.1) is 0 Å². The first-order valence-electron chi connectivity index (χ1n) is 8.70. The van der Waals surface area contributed by atoms with Gasteiger partial charge in [0.05, 0.1) is 7.11 Å². The molecule has 0 saturated carbocycles. The largest absolute Gasteiger partial charge is 0.573 e. The minimum atomic E-state index is -4.97. The second-order valence-electron chi connectivity index (χ2n) is 6.41. The number of sulfonamides is 1. The van der Waals surface area contributed by atoms with Gasteiger partial charge in [0.15, 0.2) is 0 Å². The Bertz CT molecular complexity index is 923. The molecule has 0 aromatic heterocycles. The van der Waals surface area contributed by atoms with Crippen molar-refractivity contribution in [1.82, 2.24) is 4.31 Å². The van der Waals surface area contributed by atoms with E-state index in [-0.39, 0.29) is 19.0 Å². The van der Waals surface area contributed by atoms with Crippen LogP contribution in [0.3, 0.4) is 0 Å². The predicted octanol–water partition coefficient (Wildman–Crippen LogP) is 4.16. The molecule has 0 spiro atoms. The molecule has 9 heteroatoms. The molecule has 0 amide bonds. The molecule has 0 unspecified atom stereocenters. The number of para-hydroxylation sites is 2. The number of nitrogens with zero attached hydrogens (tertiary/aromatic N) is 1. The minimum Gasteiger partial charge on any atom is -0.496 e. The highest BCUT2D eigenvalue weighted by molar-refractivity contribution is 7.89. The van der Waals surface area contributed by atoms with Gasteiger partial charge >= 0.3 is 6.36 Å². The second kappa shape index (κ2) is 8.00. The summed E-state index contributed by atoms with van der Waals surface area (Å²) in [7, 11) is -2.53. The average molecular weight is 415 g/mol. The quantitative estimate of drug-likeness (QED) is 0.736. The molecule has 1 aliphatic rings. The average Bonchev–Trinajstić information content (AvgIpc) is 2.67. The smallest absolute Gasteiger partial charge is 0.496 e. The van der Waals surface area contributed by atoms with Crippen LogP contribution < -0.4 is 9.47 Å². The molecule has 2 aromatic carbocycles. The standard InChI is InChI=1S/C19H20F3NO4S/c1-26-16-7-3-2-6-15(16)14-10-12-23(13-11-14)28(24,25)18-9-5-4-8-17(18)27-19(20,21)22/h2-9,14H,10-13H2,1H3. The van der Waals surface area contributed by atoms with Crippen LogP contribution in [0.5, 0.6) is 11.5 Å². The summed E-state index contributed by atoms with van der Waals surface area (Å²) in [5.74, 6) is 0.138. The van der Waals surface area contributed by atoms with Gasteiger partial charge in [-0.05, 0) is 42.5 Å². The molecule has 1 heterocycles. The van der Waals surface area contributed by atoms with Gasteiger partial charge in [-0.25, -0.2) is 8.42 Å². The number of halogens is 3. The molecular formula is C19H20F3NO4S. The lowest BCUT2D eigenvalue weighted by atomic mass is 9.89. The number of alkyl halides is 3. The van der Waals surface area contributed by atoms with Crippen LogP contribution >= 0.6 is 0 Å². The van der Waals surface area contributed by atoms with Crippen LogP contribution in [0.15, 0.2) is 53.4 Å². The monoisotopic (exact) mass is 415 g/mol. The lowest BCUT2D eigenvalue weighted by Crippen LogP contribution is -2.38. The Labute approximate surface area is 161 Å². The molecule has 0 aliphatic carbocycles. The summed E-state index contributed by atoms with van der Waals surface area (Å²) in [6, 6.07) is 12.4. The zero-order valence-electron chi connectivity index (χ0n) is 15.1. The van der Waals surface area contributed by atoms with E-state index in [0.717, 1.165) is 23.4 Å². The molecule has 3 rings (SSSR count). The zero-order chi connectivity index (χ0) is 20.4. The van der Waals surface area contributed by atoms with Gasteiger partial charge < -0.3 is 9.47 Å². The van der Waals surface area contributed by atoms with Gasteiger partial charge in [-0.2, -0.15) is 4.31 Å². The molecule has 1 aliphatic heterocycles. The van der Waals surface area contributed by atoms with Crippen LogP contribution in [-0.4, -0.2) is 39.3 Å². The second-order valence-corrected chi connectivity index (χ2v) is 8.32. The van der Waals surface area contributed by atoms with Crippen molar-refractivity contribution >= 4 is 10.0 Å². The van der Waals surface area contributed by atoms with Gasteiger partial charge in [-0.3, -0.25) is 0 Å². The van der Waals surface area contributed by atoms with E-state index >= 15 is 0 Å².